The lowest BCUT2D eigenvalue weighted by Gasteiger charge is -2.15. The van der Waals surface area contributed by atoms with Crippen LogP contribution in [0.15, 0.2) is 63.9 Å². The molecule has 0 unspecified atom stereocenters. The number of ether oxygens (including phenoxy) is 1. The third kappa shape index (κ3) is 4.81. The minimum absolute atomic E-state index is 0.0147. The Balaban J connectivity index is 1.50. The van der Waals surface area contributed by atoms with Crippen molar-refractivity contribution in [3.8, 4) is 17.1 Å². The van der Waals surface area contributed by atoms with E-state index >= 15 is 0 Å². The number of thioether (sulfide) groups is 1. The Morgan fingerprint density at radius 2 is 1.97 bits per heavy atom. The zero-order chi connectivity index (χ0) is 24.4. The maximum absolute atomic E-state index is 12.8. The summed E-state index contributed by atoms with van der Waals surface area (Å²) >= 11 is 12.1. The second-order valence-electron chi connectivity index (χ2n) is 6.81. The molecular weight excluding hydrogens is 502 g/mol. The second-order valence-corrected chi connectivity index (χ2v) is 8.89. The smallest absolute Gasteiger partial charge is 0.288 e. The van der Waals surface area contributed by atoms with Gasteiger partial charge in [-0.05, 0) is 60.7 Å². The van der Waals surface area contributed by atoms with E-state index in [-0.39, 0.29) is 19.9 Å². The van der Waals surface area contributed by atoms with E-state index in [0.717, 1.165) is 16.8 Å². The number of carbonyl (C=O) groups is 2. The van der Waals surface area contributed by atoms with E-state index in [0.29, 0.717) is 28.4 Å². The predicted molar refractivity (Wildman–Crippen MR) is 131 cm³/mol. The summed E-state index contributed by atoms with van der Waals surface area (Å²) in [4.78, 5) is 36.1. The van der Waals surface area contributed by atoms with Crippen molar-refractivity contribution >= 4 is 63.5 Å². The summed E-state index contributed by atoms with van der Waals surface area (Å²) in [5.41, 5.74) is 3.03. The number of nitro groups is 1. The molecule has 0 radical (unpaired) electrons. The van der Waals surface area contributed by atoms with Gasteiger partial charge in [0.1, 0.15) is 22.3 Å². The Morgan fingerprint density at radius 1 is 1.24 bits per heavy atom. The second kappa shape index (κ2) is 9.67. The first-order valence-corrected chi connectivity index (χ1v) is 11.1. The topological polar surface area (TPSA) is 115 Å². The van der Waals surface area contributed by atoms with Gasteiger partial charge in [0.2, 0.25) is 0 Å². The van der Waals surface area contributed by atoms with Crippen molar-refractivity contribution in [2.75, 3.05) is 7.11 Å². The molecule has 0 atom stereocenters. The summed E-state index contributed by atoms with van der Waals surface area (Å²) < 4.78 is 10.9. The molecule has 0 bridgehead atoms. The number of hydrogen-bond acceptors (Lipinski definition) is 8. The van der Waals surface area contributed by atoms with Crippen LogP contribution < -0.4 is 10.2 Å². The summed E-state index contributed by atoms with van der Waals surface area (Å²) in [6.07, 6.45) is 1.48. The Hall–Kier alpha value is -3.67. The van der Waals surface area contributed by atoms with Gasteiger partial charge in [0.25, 0.3) is 17.5 Å². The Morgan fingerprint density at radius 3 is 2.65 bits per heavy atom. The van der Waals surface area contributed by atoms with Crippen molar-refractivity contribution in [3.63, 3.8) is 0 Å². The van der Waals surface area contributed by atoms with Crippen LogP contribution in [0.5, 0.6) is 5.75 Å². The van der Waals surface area contributed by atoms with Gasteiger partial charge in [0.05, 0.1) is 16.9 Å². The molecule has 0 saturated carbocycles. The third-order valence-corrected chi connectivity index (χ3v) is 6.31. The average Bonchev–Trinajstić information content (AvgIpc) is 3.39. The minimum Gasteiger partial charge on any atom is -0.497 e. The van der Waals surface area contributed by atoms with E-state index in [1.54, 1.807) is 42.5 Å². The fourth-order valence-corrected chi connectivity index (χ4v) is 4.34. The zero-order valence-corrected chi connectivity index (χ0v) is 19.7. The van der Waals surface area contributed by atoms with Gasteiger partial charge in [-0.1, -0.05) is 23.4 Å². The van der Waals surface area contributed by atoms with Gasteiger partial charge in [0.15, 0.2) is 4.32 Å². The molecule has 172 valence electrons. The summed E-state index contributed by atoms with van der Waals surface area (Å²) in [6, 6.07) is 13.9. The number of thiocarbonyl (C=S) groups is 1. The van der Waals surface area contributed by atoms with Crippen molar-refractivity contribution in [1.82, 2.24) is 10.4 Å². The van der Waals surface area contributed by atoms with Crippen LogP contribution in [-0.4, -0.2) is 33.2 Å². The molecular formula is C22H14ClN3O6S2. The number of furan rings is 1. The van der Waals surface area contributed by atoms with Crippen LogP contribution in [0.25, 0.3) is 17.4 Å². The van der Waals surface area contributed by atoms with Crippen molar-refractivity contribution in [1.29, 1.82) is 0 Å². The van der Waals surface area contributed by atoms with E-state index < -0.39 is 16.7 Å². The monoisotopic (exact) mass is 515 g/mol. The molecule has 0 spiro atoms. The lowest BCUT2D eigenvalue weighted by Crippen LogP contribution is -2.44. The average molecular weight is 516 g/mol. The fraction of sp³-hybridized carbons (Fsp3) is 0.0455. The highest BCUT2D eigenvalue weighted by molar-refractivity contribution is 8.26. The van der Waals surface area contributed by atoms with Gasteiger partial charge < -0.3 is 9.15 Å². The molecule has 9 nitrogen and oxygen atoms in total. The SMILES string of the molecule is COc1ccc(C(=O)NN2C(=O)/C(=C\c3ccc(-c4ccc(Cl)c([N+](=O)[O-])c4)o3)SC2=S)cc1. The molecule has 1 aliphatic heterocycles. The molecule has 1 fully saturated rings. The molecule has 0 aliphatic carbocycles. The molecule has 12 heteroatoms. The number of hydrogen-bond donors (Lipinski definition) is 1. The molecule has 3 aromatic rings. The summed E-state index contributed by atoms with van der Waals surface area (Å²) in [5, 5.41) is 12.1. The first-order valence-electron chi connectivity index (χ1n) is 9.54. The Bertz CT molecular complexity index is 1350. The van der Waals surface area contributed by atoms with E-state index in [1.807, 2.05) is 0 Å². The van der Waals surface area contributed by atoms with Gasteiger partial charge in [-0.2, -0.15) is 5.01 Å². The molecule has 1 aromatic heterocycles. The zero-order valence-electron chi connectivity index (χ0n) is 17.3. The third-order valence-electron chi connectivity index (χ3n) is 4.69. The molecule has 2 aromatic carbocycles. The van der Waals surface area contributed by atoms with Crippen LogP contribution >= 0.6 is 35.6 Å². The van der Waals surface area contributed by atoms with Crippen molar-refractivity contribution in [2.24, 2.45) is 0 Å². The number of methoxy groups -OCH3 is 1. The molecule has 1 aliphatic rings. The standard InChI is InChI=1S/C22H14ClN3O6S2/c1-31-14-5-2-12(3-6-14)20(27)24-25-21(28)19(34-22(25)33)11-15-7-9-18(32-15)13-4-8-16(23)17(10-13)26(29)30/h2-11H,1H3,(H,24,27)/b19-11+. The summed E-state index contributed by atoms with van der Waals surface area (Å²) in [7, 11) is 1.52. The van der Waals surface area contributed by atoms with Crippen LogP contribution in [0.2, 0.25) is 5.02 Å². The van der Waals surface area contributed by atoms with E-state index in [1.165, 1.54) is 25.3 Å². The quantitative estimate of drug-likeness (QED) is 0.209. The van der Waals surface area contributed by atoms with Crippen molar-refractivity contribution in [2.45, 2.75) is 0 Å². The first kappa shape index (κ1) is 23.5. The molecule has 2 amide bonds. The number of halogens is 1. The summed E-state index contributed by atoms with van der Waals surface area (Å²) in [6.45, 7) is 0. The lowest BCUT2D eigenvalue weighted by atomic mass is 10.1. The van der Waals surface area contributed by atoms with Crippen LogP contribution in [0, 0.1) is 10.1 Å². The molecule has 2 heterocycles. The van der Waals surface area contributed by atoms with E-state index in [4.69, 9.17) is 33.0 Å². The number of hydrazine groups is 1. The van der Waals surface area contributed by atoms with E-state index in [9.17, 15) is 19.7 Å². The van der Waals surface area contributed by atoms with Crippen LogP contribution in [0.4, 0.5) is 5.69 Å². The van der Waals surface area contributed by atoms with Crippen molar-refractivity contribution in [3.05, 3.63) is 86.0 Å². The molecule has 4 rings (SSSR count). The summed E-state index contributed by atoms with van der Waals surface area (Å²) in [5.74, 6) is 0.252. The van der Waals surface area contributed by atoms with Gasteiger partial charge in [0, 0.05) is 23.3 Å². The molecule has 1 N–H and O–H groups in total. The van der Waals surface area contributed by atoms with Crippen LogP contribution in [0.1, 0.15) is 16.1 Å². The highest BCUT2D eigenvalue weighted by Crippen LogP contribution is 2.34. The maximum atomic E-state index is 12.8. The van der Waals surface area contributed by atoms with Gasteiger partial charge in [-0.25, -0.2) is 0 Å². The number of nitrogens with one attached hydrogen (secondary N) is 1. The number of benzene rings is 2. The van der Waals surface area contributed by atoms with E-state index in [2.05, 4.69) is 5.43 Å². The Labute approximate surface area is 207 Å². The number of carbonyl (C=O) groups excluding carboxylic acids is 2. The number of nitrogens with zero attached hydrogens (tertiary/aromatic N) is 2. The van der Waals surface area contributed by atoms with Crippen LogP contribution in [-0.2, 0) is 4.79 Å². The Kier molecular flexibility index (Phi) is 6.68. The van der Waals surface area contributed by atoms with Crippen molar-refractivity contribution < 1.29 is 23.7 Å². The highest BCUT2D eigenvalue weighted by atomic mass is 35.5. The predicted octanol–water partition coefficient (Wildman–Crippen LogP) is 5.06. The fourth-order valence-electron chi connectivity index (χ4n) is 2.99. The lowest BCUT2D eigenvalue weighted by molar-refractivity contribution is -0.384. The number of nitro benzene ring substituents is 1. The van der Waals surface area contributed by atoms with Gasteiger partial charge >= 0.3 is 0 Å². The largest absolute Gasteiger partial charge is 0.497 e. The van der Waals surface area contributed by atoms with Gasteiger partial charge in [-0.3, -0.25) is 25.1 Å². The molecule has 34 heavy (non-hydrogen) atoms. The molecule has 1 saturated heterocycles. The van der Waals surface area contributed by atoms with Crippen LogP contribution in [0.3, 0.4) is 0 Å². The van der Waals surface area contributed by atoms with Gasteiger partial charge in [-0.15, -0.1) is 0 Å². The highest BCUT2D eigenvalue weighted by Gasteiger charge is 2.34. The normalized spacial score (nSPS) is 14.5. The maximum Gasteiger partial charge on any atom is 0.288 e. The number of rotatable bonds is 6. The first-order chi connectivity index (χ1) is 16.3. The minimum atomic E-state index is -0.582. The number of amides is 2.